The van der Waals surface area contributed by atoms with E-state index in [1.165, 1.54) is 0 Å². The van der Waals surface area contributed by atoms with Crippen LogP contribution < -0.4 is 9.64 Å². The molecule has 3 rings (SSSR count). The van der Waals surface area contributed by atoms with E-state index in [2.05, 4.69) is 0 Å². The van der Waals surface area contributed by atoms with Crippen molar-refractivity contribution in [2.24, 2.45) is 0 Å². The molecule has 0 spiro atoms. The molecule has 1 amide bonds. The number of carbonyl (C=O) groups excluding carboxylic acids is 1. The zero-order chi connectivity index (χ0) is 17.1. The fourth-order valence-corrected chi connectivity index (χ4v) is 2.86. The molecule has 0 aliphatic rings. The molecule has 2 N–H and O–H groups in total. The average molecular weight is 337 g/mol. The number of ether oxygens (including phenoxy) is 1. The molecule has 0 saturated carbocycles. The van der Waals surface area contributed by atoms with Gasteiger partial charge in [-0.3, -0.25) is 4.79 Å². The van der Waals surface area contributed by atoms with Crippen LogP contribution in [0.15, 0.2) is 66.7 Å². The Balaban J connectivity index is 0.00000225. The summed E-state index contributed by atoms with van der Waals surface area (Å²) >= 11 is 0. The third kappa shape index (κ3) is 3.80. The van der Waals surface area contributed by atoms with Gasteiger partial charge in [-0.25, -0.2) is 0 Å². The Bertz CT molecular complexity index is 859. The quantitative estimate of drug-likeness (QED) is 0.720. The molecule has 0 unspecified atom stereocenters. The highest BCUT2D eigenvalue weighted by molar-refractivity contribution is 6.08. The summed E-state index contributed by atoms with van der Waals surface area (Å²) in [7, 11) is 1.65. The van der Waals surface area contributed by atoms with Crippen molar-refractivity contribution in [2.45, 2.75) is 19.9 Å². The lowest BCUT2D eigenvalue weighted by molar-refractivity contribution is 0.0980. The molecule has 3 aromatic rings. The lowest BCUT2D eigenvalue weighted by atomic mass is 10.0. The smallest absolute Gasteiger partial charge is 0.258 e. The van der Waals surface area contributed by atoms with Gasteiger partial charge >= 0.3 is 0 Å². The highest BCUT2D eigenvalue weighted by Gasteiger charge is 2.20. The van der Waals surface area contributed by atoms with Crippen molar-refractivity contribution in [1.29, 1.82) is 0 Å². The molecule has 130 valence electrons. The van der Waals surface area contributed by atoms with Crippen molar-refractivity contribution in [3.05, 3.63) is 72.3 Å². The number of rotatable bonds is 4. The molecule has 25 heavy (non-hydrogen) atoms. The van der Waals surface area contributed by atoms with E-state index in [1.807, 2.05) is 85.5 Å². The van der Waals surface area contributed by atoms with Crippen LogP contribution in [0.3, 0.4) is 0 Å². The lowest BCUT2D eigenvalue weighted by Crippen LogP contribution is -2.37. The summed E-state index contributed by atoms with van der Waals surface area (Å²) in [5.41, 5.74) is 1.59. The van der Waals surface area contributed by atoms with Crippen LogP contribution in [0.2, 0.25) is 0 Å². The second kappa shape index (κ2) is 7.81. The number of hydrogen-bond acceptors (Lipinski definition) is 2. The first-order valence-corrected chi connectivity index (χ1v) is 8.06. The number of fused-ring (bicyclic) bond motifs is 1. The van der Waals surface area contributed by atoms with Crippen LogP contribution in [-0.4, -0.2) is 24.5 Å². The number of anilines is 1. The van der Waals surface area contributed by atoms with Gasteiger partial charge in [0, 0.05) is 17.3 Å². The van der Waals surface area contributed by atoms with E-state index >= 15 is 0 Å². The average Bonchev–Trinajstić information content (AvgIpc) is 2.61. The number of methoxy groups -OCH3 is 1. The van der Waals surface area contributed by atoms with Crippen LogP contribution in [0.5, 0.6) is 5.75 Å². The Morgan fingerprint density at radius 3 is 2.20 bits per heavy atom. The van der Waals surface area contributed by atoms with Crippen molar-refractivity contribution in [1.82, 2.24) is 0 Å². The van der Waals surface area contributed by atoms with Gasteiger partial charge in [0.15, 0.2) is 0 Å². The van der Waals surface area contributed by atoms with Gasteiger partial charge in [-0.1, -0.05) is 30.3 Å². The van der Waals surface area contributed by atoms with Gasteiger partial charge in [0.1, 0.15) is 5.75 Å². The molecule has 0 bridgehead atoms. The molecule has 3 aromatic carbocycles. The summed E-state index contributed by atoms with van der Waals surface area (Å²) in [6.07, 6.45) is 0. The van der Waals surface area contributed by atoms with Gasteiger partial charge in [-0.2, -0.15) is 0 Å². The van der Waals surface area contributed by atoms with Crippen LogP contribution >= 0.6 is 0 Å². The summed E-state index contributed by atoms with van der Waals surface area (Å²) < 4.78 is 5.25. The fraction of sp³-hybridized carbons (Fsp3) is 0.190. The molecule has 0 fully saturated rings. The van der Waals surface area contributed by atoms with E-state index in [-0.39, 0.29) is 17.4 Å². The van der Waals surface area contributed by atoms with Crippen LogP contribution in [0.1, 0.15) is 24.2 Å². The maximum absolute atomic E-state index is 13.1. The summed E-state index contributed by atoms with van der Waals surface area (Å²) in [4.78, 5) is 14.9. The van der Waals surface area contributed by atoms with Crippen LogP contribution in [-0.2, 0) is 0 Å². The number of nitrogens with zero attached hydrogens (tertiary/aromatic N) is 1. The first-order chi connectivity index (χ1) is 11.6. The predicted molar refractivity (Wildman–Crippen MR) is 103 cm³/mol. The van der Waals surface area contributed by atoms with Crippen LogP contribution in [0, 0.1) is 0 Å². The van der Waals surface area contributed by atoms with Gasteiger partial charge in [-0.05, 0) is 61.0 Å². The number of para-hydroxylation sites is 1. The second-order valence-corrected chi connectivity index (χ2v) is 6.03. The number of amides is 1. The monoisotopic (exact) mass is 337 g/mol. The highest BCUT2D eigenvalue weighted by Crippen LogP contribution is 2.24. The third-order valence-electron chi connectivity index (χ3n) is 4.06. The highest BCUT2D eigenvalue weighted by atomic mass is 16.5. The van der Waals surface area contributed by atoms with E-state index < -0.39 is 0 Å². The molecule has 0 aromatic heterocycles. The van der Waals surface area contributed by atoms with E-state index in [0.717, 1.165) is 22.2 Å². The van der Waals surface area contributed by atoms with Gasteiger partial charge < -0.3 is 15.1 Å². The first kappa shape index (κ1) is 18.5. The van der Waals surface area contributed by atoms with Crippen LogP contribution in [0.4, 0.5) is 5.69 Å². The molecule has 4 heteroatoms. The Labute approximate surface area is 148 Å². The fourth-order valence-electron chi connectivity index (χ4n) is 2.86. The molecule has 0 aliphatic heterocycles. The number of carbonyl (C=O) groups is 1. The Kier molecular flexibility index (Phi) is 5.78. The normalized spacial score (nSPS) is 10.4. The van der Waals surface area contributed by atoms with Crippen molar-refractivity contribution < 1.29 is 15.0 Å². The SMILES string of the molecule is COc1ccc2cc(C(=O)N(c3ccccc3)C(C)C)ccc2c1.O. The van der Waals surface area contributed by atoms with Gasteiger partial charge in [0.2, 0.25) is 0 Å². The van der Waals surface area contributed by atoms with E-state index in [1.54, 1.807) is 7.11 Å². The van der Waals surface area contributed by atoms with Crippen LogP contribution in [0.25, 0.3) is 10.8 Å². The lowest BCUT2D eigenvalue weighted by Gasteiger charge is -2.27. The second-order valence-electron chi connectivity index (χ2n) is 6.03. The number of hydrogen-bond donors (Lipinski definition) is 0. The topological polar surface area (TPSA) is 61.0 Å². The maximum Gasteiger partial charge on any atom is 0.258 e. The van der Waals surface area contributed by atoms with Crippen molar-refractivity contribution >= 4 is 22.4 Å². The minimum atomic E-state index is 0. The molecule has 0 atom stereocenters. The largest absolute Gasteiger partial charge is 0.497 e. The summed E-state index contributed by atoms with van der Waals surface area (Å²) in [5, 5.41) is 2.08. The van der Waals surface area contributed by atoms with E-state index in [4.69, 9.17) is 4.74 Å². The number of benzene rings is 3. The van der Waals surface area contributed by atoms with Gasteiger partial charge in [0.25, 0.3) is 5.91 Å². The van der Waals surface area contributed by atoms with Crippen molar-refractivity contribution in [3.63, 3.8) is 0 Å². The molecular formula is C21H23NO3. The zero-order valence-electron chi connectivity index (χ0n) is 14.7. The molecular weight excluding hydrogens is 314 g/mol. The van der Waals surface area contributed by atoms with Crippen molar-refractivity contribution in [2.75, 3.05) is 12.0 Å². The Morgan fingerprint density at radius 1 is 0.920 bits per heavy atom. The van der Waals surface area contributed by atoms with E-state index in [0.29, 0.717) is 5.56 Å². The molecule has 4 nitrogen and oxygen atoms in total. The minimum absolute atomic E-state index is 0. The Hall–Kier alpha value is -2.85. The zero-order valence-corrected chi connectivity index (χ0v) is 14.7. The first-order valence-electron chi connectivity index (χ1n) is 8.06. The summed E-state index contributed by atoms with van der Waals surface area (Å²) in [6, 6.07) is 21.5. The molecule has 0 aliphatic carbocycles. The maximum atomic E-state index is 13.1. The van der Waals surface area contributed by atoms with Crippen molar-refractivity contribution in [3.8, 4) is 5.75 Å². The van der Waals surface area contributed by atoms with Gasteiger partial charge in [-0.15, -0.1) is 0 Å². The molecule has 0 heterocycles. The summed E-state index contributed by atoms with van der Waals surface area (Å²) in [6.45, 7) is 4.05. The predicted octanol–water partition coefficient (Wildman–Crippen LogP) is 4.08. The Morgan fingerprint density at radius 2 is 1.56 bits per heavy atom. The molecule has 0 radical (unpaired) electrons. The van der Waals surface area contributed by atoms with Gasteiger partial charge in [0.05, 0.1) is 7.11 Å². The molecule has 0 saturated heterocycles. The summed E-state index contributed by atoms with van der Waals surface area (Å²) in [5.74, 6) is 0.823. The third-order valence-corrected chi connectivity index (χ3v) is 4.06. The standard InChI is InChI=1S/C21H21NO2.H2O/c1-15(2)22(19-7-5-4-6-8-19)21(23)18-10-9-17-14-20(24-3)12-11-16(17)13-18;/h4-15H,1-3H3;1H2. The van der Waals surface area contributed by atoms with E-state index in [9.17, 15) is 4.79 Å². The minimum Gasteiger partial charge on any atom is -0.497 e.